The van der Waals surface area contributed by atoms with Gasteiger partial charge in [-0.1, -0.05) is 54.1 Å². The number of carboxylic acid groups (broad SMARTS) is 1. The van der Waals surface area contributed by atoms with Crippen molar-refractivity contribution in [1.82, 2.24) is 4.57 Å². The van der Waals surface area contributed by atoms with Crippen LogP contribution in [0.25, 0.3) is 22.3 Å². The zero-order chi connectivity index (χ0) is 16.7. The summed E-state index contributed by atoms with van der Waals surface area (Å²) in [6.07, 6.45) is 1.87. The zero-order valence-corrected chi connectivity index (χ0v) is 13.8. The van der Waals surface area contributed by atoms with Gasteiger partial charge in [0.15, 0.2) is 0 Å². The summed E-state index contributed by atoms with van der Waals surface area (Å²) in [6.45, 7) is 0.754. The summed E-state index contributed by atoms with van der Waals surface area (Å²) in [5.41, 5.74) is 5.26. The van der Waals surface area contributed by atoms with Crippen molar-refractivity contribution in [3.05, 3.63) is 71.0 Å². The lowest BCUT2D eigenvalue weighted by atomic mass is 9.94. The van der Waals surface area contributed by atoms with E-state index in [1.165, 1.54) is 0 Å². The molecule has 3 aromatic rings. The Labute approximate surface area is 145 Å². The van der Waals surface area contributed by atoms with E-state index in [0.717, 1.165) is 47.3 Å². The molecule has 0 aliphatic carbocycles. The van der Waals surface area contributed by atoms with E-state index in [9.17, 15) is 9.90 Å². The fourth-order valence-corrected chi connectivity index (χ4v) is 3.74. The maximum Gasteiger partial charge on any atom is 0.353 e. The maximum absolute atomic E-state index is 12.0. The molecule has 0 radical (unpaired) electrons. The van der Waals surface area contributed by atoms with Crippen molar-refractivity contribution < 1.29 is 9.90 Å². The van der Waals surface area contributed by atoms with Crippen molar-refractivity contribution in [3.8, 4) is 22.3 Å². The molecule has 1 aliphatic rings. The minimum atomic E-state index is -0.878. The molecule has 0 bridgehead atoms. The van der Waals surface area contributed by atoms with Gasteiger partial charge in [0, 0.05) is 28.4 Å². The third-order valence-electron chi connectivity index (χ3n) is 4.56. The van der Waals surface area contributed by atoms with Gasteiger partial charge in [0.25, 0.3) is 0 Å². The molecule has 120 valence electrons. The van der Waals surface area contributed by atoms with Crippen LogP contribution in [0.5, 0.6) is 0 Å². The second kappa shape index (κ2) is 5.84. The number of carbonyl (C=O) groups is 1. The molecule has 24 heavy (non-hydrogen) atoms. The highest BCUT2D eigenvalue weighted by molar-refractivity contribution is 6.30. The summed E-state index contributed by atoms with van der Waals surface area (Å²) >= 11 is 6.03. The predicted molar refractivity (Wildman–Crippen MR) is 95.6 cm³/mol. The van der Waals surface area contributed by atoms with E-state index in [1.807, 2.05) is 59.2 Å². The molecule has 0 unspecified atom stereocenters. The average molecular weight is 338 g/mol. The van der Waals surface area contributed by atoms with Crippen molar-refractivity contribution in [2.24, 2.45) is 0 Å². The summed E-state index contributed by atoms with van der Waals surface area (Å²) in [6, 6.07) is 17.4. The van der Waals surface area contributed by atoms with Gasteiger partial charge in [0.2, 0.25) is 0 Å². The third-order valence-corrected chi connectivity index (χ3v) is 4.82. The van der Waals surface area contributed by atoms with Gasteiger partial charge in [-0.15, -0.1) is 0 Å². The molecule has 1 aliphatic heterocycles. The molecule has 0 fully saturated rings. The van der Waals surface area contributed by atoms with Crippen molar-refractivity contribution >= 4 is 17.6 Å². The highest BCUT2D eigenvalue weighted by atomic mass is 35.5. The molecular formula is C20H16ClNO2. The SMILES string of the molecule is O=C(O)c1c(-c2ccccc2)c(-c2ccc(Cl)cc2)c2n1CCC2. The molecule has 2 heterocycles. The molecule has 4 heteroatoms. The maximum atomic E-state index is 12.0. The van der Waals surface area contributed by atoms with Crippen LogP contribution >= 0.6 is 11.6 Å². The predicted octanol–water partition coefficient (Wildman–Crippen LogP) is 5.12. The highest BCUT2D eigenvalue weighted by Gasteiger charge is 2.30. The van der Waals surface area contributed by atoms with Crippen LogP contribution in [-0.4, -0.2) is 15.6 Å². The van der Waals surface area contributed by atoms with Crippen LogP contribution in [0, 0.1) is 0 Å². The molecular weight excluding hydrogens is 322 g/mol. The monoisotopic (exact) mass is 337 g/mol. The minimum absolute atomic E-state index is 0.388. The Morgan fingerprint density at radius 3 is 2.29 bits per heavy atom. The summed E-state index contributed by atoms with van der Waals surface area (Å²) in [5, 5.41) is 10.5. The first-order valence-corrected chi connectivity index (χ1v) is 8.34. The standard InChI is InChI=1S/C20H16ClNO2/c21-15-10-8-14(9-11-15)17-16-7-4-12-22(16)19(20(23)24)18(17)13-5-2-1-3-6-13/h1-3,5-6,8-11H,4,7,12H2,(H,23,24). The summed E-state index contributed by atoms with van der Waals surface area (Å²) in [7, 11) is 0. The molecule has 0 saturated carbocycles. The van der Waals surface area contributed by atoms with Crippen LogP contribution in [-0.2, 0) is 13.0 Å². The number of nitrogens with zero attached hydrogens (tertiary/aromatic N) is 1. The van der Waals surface area contributed by atoms with E-state index in [4.69, 9.17) is 11.6 Å². The van der Waals surface area contributed by atoms with E-state index in [2.05, 4.69) is 0 Å². The number of halogens is 1. The van der Waals surface area contributed by atoms with Gasteiger partial charge >= 0.3 is 5.97 Å². The second-order valence-corrected chi connectivity index (χ2v) is 6.41. The van der Waals surface area contributed by atoms with Gasteiger partial charge in [0.05, 0.1) is 0 Å². The van der Waals surface area contributed by atoms with E-state index in [1.54, 1.807) is 0 Å². The largest absolute Gasteiger partial charge is 0.477 e. The van der Waals surface area contributed by atoms with Crippen LogP contribution in [0.3, 0.4) is 0 Å². The van der Waals surface area contributed by atoms with E-state index >= 15 is 0 Å². The Hall–Kier alpha value is -2.52. The Bertz CT molecular complexity index is 911. The highest BCUT2D eigenvalue weighted by Crippen LogP contribution is 2.42. The molecule has 0 spiro atoms. The second-order valence-electron chi connectivity index (χ2n) is 5.98. The zero-order valence-electron chi connectivity index (χ0n) is 13.0. The van der Waals surface area contributed by atoms with E-state index < -0.39 is 5.97 Å². The van der Waals surface area contributed by atoms with Crippen molar-refractivity contribution in [2.45, 2.75) is 19.4 Å². The van der Waals surface area contributed by atoms with Crippen molar-refractivity contribution in [1.29, 1.82) is 0 Å². The lowest BCUT2D eigenvalue weighted by molar-refractivity contribution is 0.0686. The third kappa shape index (κ3) is 2.33. The molecule has 1 N–H and O–H groups in total. The van der Waals surface area contributed by atoms with Gasteiger partial charge in [-0.25, -0.2) is 4.79 Å². The number of hydrogen-bond acceptors (Lipinski definition) is 1. The lowest BCUT2D eigenvalue weighted by Crippen LogP contribution is -2.07. The number of benzene rings is 2. The number of carboxylic acids is 1. The molecule has 0 amide bonds. The van der Waals surface area contributed by atoms with Gasteiger partial charge < -0.3 is 9.67 Å². The fraction of sp³-hybridized carbons (Fsp3) is 0.150. The van der Waals surface area contributed by atoms with Gasteiger partial charge in [-0.2, -0.15) is 0 Å². The minimum Gasteiger partial charge on any atom is -0.477 e. The topological polar surface area (TPSA) is 42.2 Å². The Morgan fingerprint density at radius 2 is 1.62 bits per heavy atom. The van der Waals surface area contributed by atoms with E-state index in [0.29, 0.717) is 10.7 Å². The van der Waals surface area contributed by atoms with Crippen LogP contribution in [0.4, 0.5) is 0 Å². The van der Waals surface area contributed by atoms with Crippen molar-refractivity contribution in [3.63, 3.8) is 0 Å². The molecule has 2 aromatic carbocycles. The van der Waals surface area contributed by atoms with Crippen LogP contribution < -0.4 is 0 Å². The first-order chi connectivity index (χ1) is 11.7. The van der Waals surface area contributed by atoms with E-state index in [-0.39, 0.29) is 0 Å². The first kappa shape index (κ1) is 15.0. The quantitative estimate of drug-likeness (QED) is 0.720. The Morgan fingerprint density at radius 1 is 0.958 bits per heavy atom. The molecule has 1 aromatic heterocycles. The average Bonchev–Trinajstić information content (AvgIpc) is 3.16. The van der Waals surface area contributed by atoms with Crippen molar-refractivity contribution in [2.75, 3.05) is 0 Å². The number of fused-ring (bicyclic) bond motifs is 1. The first-order valence-electron chi connectivity index (χ1n) is 7.97. The van der Waals surface area contributed by atoms with Gasteiger partial charge in [-0.3, -0.25) is 0 Å². The Kier molecular flexibility index (Phi) is 3.66. The Balaban J connectivity index is 2.06. The number of aromatic nitrogens is 1. The lowest BCUT2D eigenvalue weighted by Gasteiger charge is -2.09. The molecule has 4 rings (SSSR count). The summed E-state index contributed by atoms with van der Waals surface area (Å²) < 4.78 is 1.97. The summed E-state index contributed by atoms with van der Waals surface area (Å²) in [5.74, 6) is -0.878. The number of hydrogen-bond donors (Lipinski definition) is 1. The number of rotatable bonds is 3. The van der Waals surface area contributed by atoms with Gasteiger partial charge in [-0.05, 0) is 36.1 Å². The fourth-order valence-electron chi connectivity index (χ4n) is 3.61. The smallest absolute Gasteiger partial charge is 0.353 e. The molecule has 0 atom stereocenters. The molecule has 0 saturated heterocycles. The number of aromatic carboxylic acids is 1. The van der Waals surface area contributed by atoms with Gasteiger partial charge in [0.1, 0.15) is 5.69 Å². The van der Waals surface area contributed by atoms with Crippen LogP contribution in [0.2, 0.25) is 5.02 Å². The van der Waals surface area contributed by atoms with Crippen LogP contribution in [0.15, 0.2) is 54.6 Å². The summed E-state index contributed by atoms with van der Waals surface area (Å²) in [4.78, 5) is 12.0. The van der Waals surface area contributed by atoms with Crippen LogP contribution in [0.1, 0.15) is 22.6 Å². The molecule has 3 nitrogen and oxygen atoms in total. The normalized spacial score (nSPS) is 13.0.